The Kier molecular flexibility index (Phi) is 5.03. The third kappa shape index (κ3) is 3.77. The smallest absolute Gasteiger partial charge is 0.258 e. The normalized spacial score (nSPS) is 11.3. The molecule has 0 radical (unpaired) electrons. The first kappa shape index (κ1) is 16.3. The molecule has 0 saturated carbocycles. The second kappa shape index (κ2) is 6.79. The van der Waals surface area contributed by atoms with Gasteiger partial charge in [-0.3, -0.25) is 14.8 Å². The number of nitrogens with one attached hydrogen (secondary N) is 1. The van der Waals surface area contributed by atoms with Crippen LogP contribution in [0.5, 0.6) is 0 Å². The number of anilines is 1. The number of benzene rings is 1. The van der Waals surface area contributed by atoms with Crippen molar-refractivity contribution in [3.63, 3.8) is 0 Å². The van der Waals surface area contributed by atoms with E-state index in [1.807, 2.05) is 6.92 Å². The minimum atomic E-state index is -4.08. The highest BCUT2D eigenvalue weighted by molar-refractivity contribution is 7.93. The zero-order valence-electron chi connectivity index (χ0n) is 11.7. The number of para-hydroxylation sites is 1. The van der Waals surface area contributed by atoms with Crippen molar-refractivity contribution in [3.05, 3.63) is 39.4 Å². The van der Waals surface area contributed by atoms with Crippen molar-refractivity contribution in [3.8, 4) is 0 Å². The molecule has 0 fully saturated rings. The van der Waals surface area contributed by atoms with E-state index in [2.05, 4.69) is 14.9 Å². The van der Waals surface area contributed by atoms with Crippen LogP contribution in [0.4, 0.5) is 10.8 Å². The van der Waals surface area contributed by atoms with Gasteiger partial charge in [0.2, 0.25) is 5.13 Å². The number of nitro groups is 1. The molecule has 0 aliphatic rings. The molecule has 1 heterocycles. The van der Waals surface area contributed by atoms with Crippen LogP contribution < -0.4 is 4.72 Å². The number of rotatable bonds is 7. The van der Waals surface area contributed by atoms with Gasteiger partial charge in [-0.15, -0.1) is 10.2 Å². The van der Waals surface area contributed by atoms with Gasteiger partial charge in [0.15, 0.2) is 4.90 Å². The van der Waals surface area contributed by atoms with Crippen LogP contribution in [0.2, 0.25) is 0 Å². The van der Waals surface area contributed by atoms with Crippen LogP contribution in [0, 0.1) is 10.1 Å². The Balaban J connectivity index is 2.25. The fourth-order valence-electron chi connectivity index (χ4n) is 1.73. The standard InChI is InChI=1S/C12H14N4O4S2/c1-2-3-8-11-13-14-12(21-11)15-22(19,20)10-7-5-4-6-9(10)16(17)18/h4-7H,2-3,8H2,1H3,(H,14,15). The third-order valence-electron chi connectivity index (χ3n) is 2.78. The maximum absolute atomic E-state index is 12.3. The van der Waals surface area contributed by atoms with Gasteiger partial charge in [0, 0.05) is 12.5 Å². The largest absolute Gasteiger partial charge is 0.289 e. The lowest BCUT2D eigenvalue weighted by atomic mass is 10.3. The Labute approximate surface area is 131 Å². The molecule has 0 unspecified atom stereocenters. The summed E-state index contributed by atoms with van der Waals surface area (Å²) in [6, 6.07) is 5.15. The number of aryl methyl sites for hydroxylation is 1. The average molecular weight is 342 g/mol. The fourth-order valence-corrected chi connectivity index (χ4v) is 3.91. The van der Waals surface area contributed by atoms with Crippen LogP contribution in [0.15, 0.2) is 29.2 Å². The van der Waals surface area contributed by atoms with Crippen molar-refractivity contribution in [2.45, 2.75) is 31.1 Å². The molecule has 10 heteroatoms. The molecule has 0 amide bonds. The molecule has 118 valence electrons. The predicted octanol–water partition coefficient (Wildman–Crippen LogP) is 2.59. The highest BCUT2D eigenvalue weighted by Crippen LogP contribution is 2.26. The van der Waals surface area contributed by atoms with Crippen LogP contribution in [0.25, 0.3) is 0 Å². The Morgan fingerprint density at radius 2 is 2.05 bits per heavy atom. The van der Waals surface area contributed by atoms with Crippen molar-refractivity contribution in [2.24, 2.45) is 0 Å². The maximum Gasteiger partial charge on any atom is 0.289 e. The van der Waals surface area contributed by atoms with E-state index in [-0.39, 0.29) is 5.13 Å². The number of hydrogen-bond donors (Lipinski definition) is 1. The summed E-state index contributed by atoms with van der Waals surface area (Å²) in [6.45, 7) is 2.04. The molecule has 0 aliphatic carbocycles. The predicted molar refractivity (Wildman–Crippen MR) is 82.4 cm³/mol. The van der Waals surface area contributed by atoms with Crippen molar-refractivity contribution in [2.75, 3.05) is 4.72 Å². The Hall–Kier alpha value is -2.07. The summed E-state index contributed by atoms with van der Waals surface area (Å²) in [5.74, 6) is 0. The van der Waals surface area contributed by atoms with E-state index in [1.54, 1.807) is 0 Å². The number of hydrogen-bond acceptors (Lipinski definition) is 7. The molecule has 22 heavy (non-hydrogen) atoms. The number of aromatic nitrogens is 2. The molecular weight excluding hydrogens is 328 g/mol. The summed E-state index contributed by atoms with van der Waals surface area (Å²) in [5, 5.41) is 19.4. The zero-order valence-corrected chi connectivity index (χ0v) is 13.4. The molecule has 0 bridgehead atoms. The Morgan fingerprint density at radius 3 is 2.73 bits per heavy atom. The lowest BCUT2D eigenvalue weighted by Crippen LogP contribution is -2.14. The number of nitro benzene ring substituents is 1. The number of sulfonamides is 1. The maximum atomic E-state index is 12.3. The van der Waals surface area contributed by atoms with Crippen molar-refractivity contribution >= 4 is 32.2 Å². The van der Waals surface area contributed by atoms with Gasteiger partial charge in [-0.2, -0.15) is 0 Å². The van der Waals surface area contributed by atoms with E-state index in [9.17, 15) is 18.5 Å². The molecule has 1 aromatic carbocycles. The van der Waals surface area contributed by atoms with Gasteiger partial charge in [0.1, 0.15) is 5.01 Å². The SMILES string of the molecule is CCCCc1nnc(NS(=O)(=O)c2ccccc2[N+](=O)[O-])s1. The lowest BCUT2D eigenvalue weighted by molar-refractivity contribution is -0.387. The zero-order chi connectivity index (χ0) is 16.2. The summed E-state index contributed by atoms with van der Waals surface area (Å²) in [7, 11) is -4.08. The van der Waals surface area contributed by atoms with E-state index in [1.165, 1.54) is 18.2 Å². The summed E-state index contributed by atoms with van der Waals surface area (Å²) in [5.41, 5.74) is -0.481. The second-order valence-corrected chi connectivity index (χ2v) is 7.15. The van der Waals surface area contributed by atoms with Crippen LogP contribution in [0.1, 0.15) is 24.8 Å². The van der Waals surface area contributed by atoms with E-state index in [0.29, 0.717) is 0 Å². The van der Waals surface area contributed by atoms with Gasteiger partial charge in [-0.05, 0) is 12.5 Å². The second-order valence-electron chi connectivity index (χ2n) is 4.43. The molecule has 2 aromatic rings. The van der Waals surface area contributed by atoms with Gasteiger partial charge >= 0.3 is 0 Å². The molecule has 1 N–H and O–H groups in total. The molecule has 1 aromatic heterocycles. The summed E-state index contributed by atoms with van der Waals surface area (Å²) >= 11 is 1.13. The summed E-state index contributed by atoms with van der Waals surface area (Å²) in [6.07, 6.45) is 2.66. The van der Waals surface area contributed by atoms with Gasteiger partial charge in [0.05, 0.1) is 4.92 Å². The number of nitrogens with zero attached hydrogens (tertiary/aromatic N) is 3. The van der Waals surface area contributed by atoms with Gasteiger partial charge in [0.25, 0.3) is 15.7 Å². The first-order valence-electron chi connectivity index (χ1n) is 6.52. The van der Waals surface area contributed by atoms with Gasteiger partial charge in [-0.1, -0.05) is 36.8 Å². The first-order chi connectivity index (χ1) is 10.4. The third-order valence-corrected chi connectivity index (χ3v) is 5.20. The Morgan fingerprint density at radius 1 is 1.32 bits per heavy atom. The van der Waals surface area contributed by atoms with Gasteiger partial charge in [-0.25, -0.2) is 8.42 Å². The molecule has 0 aliphatic heterocycles. The molecule has 0 spiro atoms. The van der Waals surface area contributed by atoms with E-state index < -0.39 is 25.5 Å². The minimum absolute atomic E-state index is 0.101. The van der Waals surface area contributed by atoms with Gasteiger partial charge < -0.3 is 0 Å². The highest BCUT2D eigenvalue weighted by atomic mass is 32.2. The molecule has 2 rings (SSSR count). The van der Waals surface area contributed by atoms with Crippen molar-refractivity contribution < 1.29 is 13.3 Å². The summed E-state index contributed by atoms with van der Waals surface area (Å²) < 4.78 is 26.8. The molecular formula is C12H14N4O4S2. The molecule has 0 saturated heterocycles. The van der Waals surface area contributed by atoms with Crippen molar-refractivity contribution in [1.29, 1.82) is 0 Å². The summed E-state index contributed by atoms with van der Waals surface area (Å²) in [4.78, 5) is 9.80. The number of unbranched alkanes of at least 4 members (excludes halogenated alkanes) is 1. The highest BCUT2D eigenvalue weighted by Gasteiger charge is 2.26. The minimum Gasteiger partial charge on any atom is -0.258 e. The van der Waals surface area contributed by atoms with Crippen LogP contribution in [-0.2, 0) is 16.4 Å². The van der Waals surface area contributed by atoms with E-state index >= 15 is 0 Å². The topological polar surface area (TPSA) is 115 Å². The first-order valence-corrected chi connectivity index (χ1v) is 8.82. The van der Waals surface area contributed by atoms with E-state index in [4.69, 9.17) is 0 Å². The van der Waals surface area contributed by atoms with Crippen LogP contribution in [-0.4, -0.2) is 23.5 Å². The fraction of sp³-hybridized carbons (Fsp3) is 0.333. The lowest BCUT2D eigenvalue weighted by Gasteiger charge is -2.04. The quantitative estimate of drug-likeness (QED) is 0.611. The molecule has 8 nitrogen and oxygen atoms in total. The van der Waals surface area contributed by atoms with Crippen molar-refractivity contribution in [1.82, 2.24) is 10.2 Å². The van der Waals surface area contributed by atoms with Crippen LogP contribution in [0.3, 0.4) is 0 Å². The van der Waals surface area contributed by atoms with Crippen LogP contribution >= 0.6 is 11.3 Å². The molecule has 0 atom stereocenters. The average Bonchev–Trinajstić information content (AvgIpc) is 2.91. The van der Waals surface area contributed by atoms with E-state index in [0.717, 1.165) is 41.7 Å². The monoisotopic (exact) mass is 342 g/mol. The Bertz CT molecular complexity index is 773.